The highest BCUT2D eigenvalue weighted by Crippen LogP contribution is 2.35. The summed E-state index contributed by atoms with van der Waals surface area (Å²) in [5.41, 5.74) is 2.22. The molecule has 0 aliphatic carbocycles. The largest absolute Gasteiger partial charge is 0.488 e. The third kappa shape index (κ3) is 8.05. The van der Waals surface area contributed by atoms with Crippen LogP contribution in [0.15, 0.2) is 42.5 Å². The predicted octanol–water partition coefficient (Wildman–Crippen LogP) is 6.59. The SMILES string of the molecule is CCCc1cc(/C=C/C(=O)c2ccc(C(=O)N(C)C)cc2)c(OC(C)(C)C)cc1OC(C)(C)C. The highest BCUT2D eigenvalue weighted by atomic mass is 16.5. The van der Waals surface area contributed by atoms with Crippen LogP contribution in [0.2, 0.25) is 0 Å². The van der Waals surface area contributed by atoms with Gasteiger partial charge in [0.1, 0.15) is 22.7 Å². The third-order valence-corrected chi connectivity index (χ3v) is 4.78. The fraction of sp³-hybridized carbons (Fsp3) is 0.448. The summed E-state index contributed by atoms with van der Waals surface area (Å²) in [4.78, 5) is 26.4. The number of nitrogens with zero attached hydrogens (tertiary/aromatic N) is 1. The smallest absolute Gasteiger partial charge is 0.253 e. The molecule has 0 saturated heterocycles. The number of aryl methyl sites for hydroxylation is 1. The van der Waals surface area contributed by atoms with Gasteiger partial charge in [-0.25, -0.2) is 0 Å². The van der Waals surface area contributed by atoms with Gasteiger partial charge in [-0.2, -0.15) is 0 Å². The van der Waals surface area contributed by atoms with Crippen molar-refractivity contribution in [3.63, 3.8) is 0 Å². The van der Waals surface area contributed by atoms with Crippen molar-refractivity contribution in [2.24, 2.45) is 0 Å². The first-order valence-electron chi connectivity index (χ1n) is 11.8. The second-order valence-electron chi connectivity index (χ2n) is 10.7. The minimum atomic E-state index is -0.410. The Balaban J connectivity index is 2.42. The van der Waals surface area contributed by atoms with E-state index in [0.717, 1.165) is 29.7 Å². The summed E-state index contributed by atoms with van der Waals surface area (Å²) in [7, 11) is 3.40. The normalized spacial score (nSPS) is 12.0. The van der Waals surface area contributed by atoms with E-state index in [1.807, 2.05) is 53.7 Å². The van der Waals surface area contributed by atoms with E-state index in [1.165, 1.54) is 4.90 Å². The van der Waals surface area contributed by atoms with Crippen molar-refractivity contribution in [2.45, 2.75) is 72.5 Å². The summed E-state index contributed by atoms with van der Waals surface area (Å²) >= 11 is 0. The summed E-state index contributed by atoms with van der Waals surface area (Å²) < 4.78 is 12.5. The van der Waals surface area contributed by atoms with E-state index >= 15 is 0 Å². The van der Waals surface area contributed by atoms with E-state index in [0.29, 0.717) is 16.9 Å². The molecule has 2 aromatic carbocycles. The van der Waals surface area contributed by atoms with Gasteiger partial charge in [-0.05, 0) is 83.9 Å². The Kier molecular flexibility index (Phi) is 8.71. The maximum atomic E-state index is 12.8. The van der Waals surface area contributed by atoms with Crippen LogP contribution in [0.5, 0.6) is 11.5 Å². The van der Waals surface area contributed by atoms with E-state index in [1.54, 1.807) is 50.5 Å². The van der Waals surface area contributed by atoms with Crippen LogP contribution in [0.25, 0.3) is 6.08 Å². The summed E-state index contributed by atoms with van der Waals surface area (Å²) in [6.45, 7) is 14.2. The third-order valence-electron chi connectivity index (χ3n) is 4.78. The maximum absolute atomic E-state index is 12.8. The molecule has 0 heterocycles. The van der Waals surface area contributed by atoms with Crippen molar-refractivity contribution < 1.29 is 19.1 Å². The predicted molar refractivity (Wildman–Crippen MR) is 139 cm³/mol. The Morgan fingerprint density at radius 2 is 1.38 bits per heavy atom. The van der Waals surface area contributed by atoms with Crippen LogP contribution in [0.4, 0.5) is 0 Å². The fourth-order valence-electron chi connectivity index (χ4n) is 3.36. The van der Waals surface area contributed by atoms with Crippen molar-refractivity contribution in [3.05, 3.63) is 64.7 Å². The Labute approximate surface area is 204 Å². The molecule has 0 saturated carbocycles. The van der Waals surface area contributed by atoms with Crippen molar-refractivity contribution in [2.75, 3.05) is 14.1 Å². The van der Waals surface area contributed by atoms with Crippen molar-refractivity contribution in [3.8, 4) is 11.5 Å². The molecule has 5 nitrogen and oxygen atoms in total. The molecule has 0 atom stereocenters. The van der Waals surface area contributed by atoms with Crippen LogP contribution in [0, 0.1) is 0 Å². The van der Waals surface area contributed by atoms with Gasteiger partial charge in [-0.15, -0.1) is 0 Å². The molecule has 34 heavy (non-hydrogen) atoms. The van der Waals surface area contributed by atoms with Crippen molar-refractivity contribution in [1.29, 1.82) is 0 Å². The number of ketones is 1. The van der Waals surface area contributed by atoms with E-state index in [9.17, 15) is 9.59 Å². The number of carbonyl (C=O) groups is 2. The first kappa shape index (κ1) is 27.2. The van der Waals surface area contributed by atoms with Crippen molar-refractivity contribution >= 4 is 17.8 Å². The number of rotatable bonds is 8. The van der Waals surface area contributed by atoms with Crippen LogP contribution in [-0.4, -0.2) is 41.9 Å². The van der Waals surface area contributed by atoms with Crippen LogP contribution in [-0.2, 0) is 6.42 Å². The van der Waals surface area contributed by atoms with Crippen molar-refractivity contribution in [1.82, 2.24) is 4.90 Å². The van der Waals surface area contributed by atoms with Gasteiger partial charge in [0.15, 0.2) is 5.78 Å². The highest BCUT2D eigenvalue weighted by molar-refractivity contribution is 6.07. The van der Waals surface area contributed by atoms with Gasteiger partial charge in [0, 0.05) is 36.9 Å². The molecule has 0 bridgehead atoms. The lowest BCUT2D eigenvalue weighted by Crippen LogP contribution is -2.25. The Morgan fingerprint density at radius 3 is 1.88 bits per heavy atom. The minimum Gasteiger partial charge on any atom is -0.488 e. The van der Waals surface area contributed by atoms with E-state index in [4.69, 9.17) is 9.47 Å². The lowest BCUT2D eigenvalue weighted by Gasteiger charge is -2.27. The van der Waals surface area contributed by atoms with Crippen LogP contribution >= 0.6 is 0 Å². The zero-order valence-electron chi connectivity index (χ0n) is 22.1. The molecular weight excluding hydrogens is 426 g/mol. The lowest BCUT2D eigenvalue weighted by molar-refractivity contribution is 0.0827. The summed E-state index contributed by atoms with van der Waals surface area (Å²) in [6.07, 6.45) is 5.17. The molecule has 0 unspecified atom stereocenters. The Hall–Kier alpha value is -3.08. The standard InChI is InChI=1S/C29H39NO4/c1-10-11-22-18-23(26(34-29(5,6)7)19-25(22)33-28(2,3)4)16-17-24(31)20-12-14-21(15-13-20)27(32)30(8)9/h12-19H,10-11H2,1-9H3/b17-16+. The number of hydrogen-bond donors (Lipinski definition) is 0. The molecule has 0 aliphatic heterocycles. The molecule has 0 spiro atoms. The summed E-state index contributed by atoms with van der Waals surface area (Å²) in [5.74, 6) is 1.23. The second-order valence-corrected chi connectivity index (χ2v) is 10.7. The molecule has 5 heteroatoms. The van der Waals surface area contributed by atoms with E-state index in [-0.39, 0.29) is 17.3 Å². The monoisotopic (exact) mass is 465 g/mol. The molecule has 0 radical (unpaired) electrons. The average molecular weight is 466 g/mol. The van der Waals surface area contributed by atoms with Gasteiger partial charge in [-0.1, -0.05) is 25.5 Å². The van der Waals surface area contributed by atoms with Crippen LogP contribution in [0.3, 0.4) is 0 Å². The Morgan fingerprint density at radius 1 is 0.853 bits per heavy atom. The molecule has 0 fully saturated rings. The fourth-order valence-corrected chi connectivity index (χ4v) is 3.36. The molecule has 0 aromatic heterocycles. The molecule has 2 aromatic rings. The zero-order chi connectivity index (χ0) is 25.7. The number of ether oxygens (including phenoxy) is 2. The number of amides is 1. The van der Waals surface area contributed by atoms with Gasteiger partial charge in [-0.3, -0.25) is 9.59 Å². The number of benzene rings is 2. The molecule has 0 aliphatic rings. The van der Waals surface area contributed by atoms with E-state index < -0.39 is 5.60 Å². The van der Waals surface area contributed by atoms with Gasteiger partial charge in [0.25, 0.3) is 5.91 Å². The topological polar surface area (TPSA) is 55.8 Å². The highest BCUT2D eigenvalue weighted by Gasteiger charge is 2.20. The first-order chi connectivity index (χ1) is 15.7. The molecular formula is C29H39NO4. The average Bonchev–Trinajstić information content (AvgIpc) is 2.71. The molecule has 0 N–H and O–H groups in total. The van der Waals surface area contributed by atoms with Gasteiger partial charge < -0.3 is 14.4 Å². The first-order valence-corrected chi connectivity index (χ1v) is 11.8. The molecule has 2 rings (SSSR count). The second kappa shape index (κ2) is 10.9. The van der Waals surface area contributed by atoms with Crippen LogP contribution < -0.4 is 9.47 Å². The zero-order valence-corrected chi connectivity index (χ0v) is 22.1. The van der Waals surface area contributed by atoms with Gasteiger partial charge >= 0.3 is 0 Å². The van der Waals surface area contributed by atoms with Crippen LogP contribution in [0.1, 0.15) is 86.7 Å². The van der Waals surface area contributed by atoms with Gasteiger partial charge in [0.2, 0.25) is 0 Å². The van der Waals surface area contributed by atoms with E-state index in [2.05, 4.69) is 6.92 Å². The number of allylic oxidation sites excluding steroid dienone is 1. The molecule has 1 amide bonds. The quantitative estimate of drug-likeness (QED) is 0.326. The summed E-state index contributed by atoms with van der Waals surface area (Å²) in [5, 5.41) is 0. The minimum absolute atomic E-state index is 0.0977. The number of carbonyl (C=O) groups excluding carboxylic acids is 2. The maximum Gasteiger partial charge on any atom is 0.253 e. The lowest BCUT2D eigenvalue weighted by atomic mass is 10.0. The summed E-state index contributed by atoms with van der Waals surface area (Å²) in [6, 6.07) is 10.7. The number of hydrogen-bond acceptors (Lipinski definition) is 4. The Bertz CT molecular complexity index is 1040. The van der Waals surface area contributed by atoms with Gasteiger partial charge in [0.05, 0.1) is 0 Å². The molecule has 184 valence electrons.